The normalized spacial score (nSPS) is 16.6. The van der Waals surface area contributed by atoms with Crippen molar-refractivity contribution in [1.82, 2.24) is 9.88 Å². The molecule has 8 nitrogen and oxygen atoms in total. The van der Waals surface area contributed by atoms with Gasteiger partial charge in [-0.3, -0.25) is 9.59 Å². The Hall–Kier alpha value is -3.37. The van der Waals surface area contributed by atoms with Crippen LogP contribution < -0.4 is 11.5 Å². The number of halogens is 3. The van der Waals surface area contributed by atoms with Crippen molar-refractivity contribution in [2.75, 3.05) is 12.3 Å². The zero-order valence-electron chi connectivity index (χ0n) is 14.4. The molecule has 0 saturated carbocycles. The van der Waals surface area contributed by atoms with Gasteiger partial charge in [0.25, 0.3) is 0 Å². The molecule has 1 saturated heterocycles. The molecular weight excluding hydrogens is 381 g/mol. The van der Waals surface area contributed by atoms with Gasteiger partial charge in [0.05, 0.1) is 5.52 Å². The van der Waals surface area contributed by atoms with E-state index >= 15 is 0 Å². The first-order valence-corrected chi connectivity index (χ1v) is 8.02. The molecule has 28 heavy (non-hydrogen) atoms. The summed E-state index contributed by atoms with van der Waals surface area (Å²) in [6.07, 6.45) is -4.59. The van der Waals surface area contributed by atoms with E-state index in [1.807, 2.05) is 24.3 Å². The standard InChI is InChI=1S/C15H16N4O2.C2HF3O2/c16-13-4-3-10-2-1-9(7-12(10)18-13)8-19-6-5-11(14(17)20)15(19)21;3-2(4,5)1(6)7/h1-4,7,11H,5-6,8H2,(H2,16,18)(H2,17,20);(H,6,7)/t11-;/m0./s1. The minimum Gasteiger partial charge on any atom is -0.475 e. The minimum absolute atomic E-state index is 0.192. The number of hydrogen-bond donors (Lipinski definition) is 3. The van der Waals surface area contributed by atoms with Crippen LogP contribution in [0, 0.1) is 5.92 Å². The molecule has 0 radical (unpaired) electrons. The second kappa shape index (κ2) is 8.11. The molecule has 5 N–H and O–H groups in total. The number of aromatic nitrogens is 1. The molecule has 11 heteroatoms. The molecule has 0 aliphatic carbocycles. The van der Waals surface area contributed by atoms with Crippen molar-refractivity contribution >= 4 is 34.5 Å². The summed E-state index contributed by atoms with van der Waals surface area (Å²) >= 11 is 0. The maximum absolute atomic E-state index is 12.1. The molecule has 150 valence electrons. The first-order valence-electron chi connectivity index (χ1n) is 8.02. The minimum atomic E-state index is -5.08. The summed E-state index contributed by atoms with van der Waals surface area (Å²) in [4.78, 5) is 38.1. The maximum Gasteiger partial charge on any atom is 0.490 e. The molecule has 1 aliphatic rings. The molecule has 0 unspecified atom stereocenters. The average molecular weight is 398 g/mol. The van der Waals surface area contributed by atoms with Gasteiger partial charge in [-0.15, -0.1) is 0 Å². The number of nitrogens with zero attached hydrogens (tertiary/aromatic N) is 2. The Morgan fingerprint density at radius 1 is 1.25 bits per heavy atom. The quantitative estimate of drug-likeness (QED) is 0.666. The van der Waals surface area contributed by atoms with Gasteiger partial charge in [-0.05, 0) is 30.2 Å². The van der Waals surface area contributed by atoms with Crippen LogP contribution in [0.1, 0.15) is 12.0 Å². The van der Waals surface area contributed by atoms with E-state index in [9.17, 15) is 22.8 Å². The van der Waals surface area contributed by atoms with Gasteiger partial charge in [-0.1, -0.05) is 12.1 Å². The lowest BCUT2D eigenvalue weighted by Crippen LogP contribution is -2.33. The molecule has 2 heterocycles. The van der Waals surface area contributed by atoms with Crippen molar-refractivity contribution in [3.8, 4) is 0 Å². The number of anilines is 1. The molecule has 1 atom stereocenters. The number of nitrogens with two attached hydrogens (primary N) is 2. The summed E-state index contributed by atoms with van der Waals surface area (Å²) in [6.45, 7) is 1.00. The van der Waals surface area contributed by atoms with Crippen LogP contribution in [0.2, 0.25) is 0 Å². The summed E-state index contributed by atoms with van der Waals surface area (Å²) in [7, 11) is 0. The smallest absolute Gasteiger partial charge is 0.475 e. The van der Waals surface area contributed by atoms with Gasteiger partial charge in [0.1, 0.15) is 11.7 Å². The first kappa shape index (κ1) is 20.9. The van der Waals surface area contributed by atoms with E-state index in [0.717, 1.165) is 16.5 Å². The molecule has 0 bridgehead atoms. The number of fused-ring (bicyclic) bond motifs is 1. The highest BCUT2D eigenvalue weighted by Crippen LogP contribution is 2.22. The van der Waals surface area contributed by atoms with Crippen LogP contribution in [0.3, 0.4) is 0 Å². The number of carboxylic acid groups (broad SMARTS) is 1. The SMILES string of the molecule is NC(=O)[C@@H]1CCN(Cc2ccc3ccc(N)nc3c2)C1=O.O=C(O)C(F)(F)F. The zero-order valence-corrected chi connectivity index (χ0v) is 14.4. The highest BCUT2D eigenvalue weighted by atomic mass is 19.4. The summed E-state index contributed by atoms with van der Waals surface area (Å²) in [6, 6.07) is 9.47. The lowest BCUT2D eigenvalue weighted by molar-refractivity contribution is -0.192. The number of carbonyl (C=O) groups excluding carboxylic acids is 2. The molecule has 1 aromatic heterocycles. The third-order valence-corrected chi connectivity index (χ3v) is 4.03. The largest absolute Gasteiger partial charge is 0.490 e. The fourth-order valence-electron chi connectivity index (χ4n) is 2.66. The number of nitrogen functional groups attached to an aromatic ring is 1. The zero-order chi connectivity index (χ0) is 21.1. The number of likely N-dealkylation sites (tertiary alicyclic amines) is 1. The van der Waals surface area contributed by atoms with Crippen LogP contribution >= 0.6 is 0 Å². The molecule has 1 aliphatic heterocycles. The lowest BCUT2D eigenvalue weighted by atomic mass is 10.1. The Bertz CT molecular complexity index is 917. The van der Waals surface area contributed by atoms with Crippen LogP contribution in [-0.2, 0) is 20.9 Å². The number of alkyl halides is 3. The number of primary amides is 1. The van der Waals surface area contributed by atoms with Crippen LogP contribution in [0.25, 0.3) is 10.9 Å². The van der Waals surface area contributed by atoms with Crippen LogP contribution in [-0.4, -0.2) is 45.5 Å². The maximum atomic E-state index is 12.1. The summed E-state index contributed by atoms with van der Waals surface area (Å²) in [5, 5.41) is 8.12. The highest BCUT2D eigenvalue weighted by molar-refractivity contribution is 6.00. The second-order valence-electron chi connectivity index (χ2n) is 6.07. The summed E-state index contributed by atoms with van der Waals surface area (Å²) in [5.41, 5.74) is 12.7. The van der Waals surface area contributed by atoms with Gasteiger partial charge < -0.3 is 21.5 Å². The van der Waals surface area contributed by atoms with Crippen molar-refractivity contribution in [2.24, 2.45) is 11.7 Å². The topological polar surface area (TPSA) is 140 Å². The van der Waals surface area contributed by atoms with Crippen molar-refractivity contribution < 1.29 is 32.7 Å². The van der Waals surface area contributed by atoms with Crippen molar-refractivity contribution in [3.05, 3.63) is 35.9 Å². The monoisotopic (exact) mass is 398 g/mol. The summed E-state index contributed by atoms with van der Waals surface area (Å²) < 4.78 is 31.7. The Kier molecular flexibility index (Phi) is 6.06. The van der Waals surface area contributed by atoms with E-state index in [2.05, 4.69) is 4.98 Å². The first-order chi connectivity index (χ1) is 13.0. The molecule has 2 aromatic rings. The van der Waals surface area contributed by atoms with Crippen LogP contribution in [0.4, 0.5) is 19.0 Å². The second-order valence-corrected chi connectivity index (χ2v) is 6.07. The number of carboxylic acids is 1. The summed E-state index contributed by atoms with van der Waals surface area (Å²) in [5.74, 6) is -3.71. The van der Waals surface area contributed by atoms with Crippen molar-refractivity contribution in [1.29, 1.82) is 0 Å². The molecule has 0 spiro atoms. The van der Waals surface area contributed by atoms with Crippen LogP contribution in [0.5, 0.6) is 0 Å². The van der Waals surface area contributed by atoms with E-state index in [4.69, 9.17) is 21.4 Å². The number of amides is 2. The van der Waals surface area contributed by atoms with E-state index < -0.39 is 24.0 Å². The highest BCUT2D eigenvalue weighted by Gasteiger charge is 2.38. The number of hydrogen-bond acceptors (Lipinski definition) is 5. The molecule has 3 rings (SSSR count). The van der Waals surface area contributed by atoms with Gasteiger partial charge in [0, 0.05) is 18.5 Å². The molecule has 2 amide bonds. The Labute approximate surface area is 156 Å². The number of benzene rings is 1. The van der Waals surface area contributed by atoms with Gasteiger partial charge in [-0.25, -0.2) is 9.78 Å². The van der Waals surface area contributed by atoms with E-state index in [1.165, 1.54) is 0 Å². The van der Waals surface area contributed by atoms with E-state index in [-0.39, 0.29) is 5.91 Å². The molecule has 1 aromatic carbocycles. The van der Waals surface area contributed by atoms with E-state index in [1.54, 1.807) is 11.0 Å². The van der Waals surface area contributed by atoms with Gasteiger partial charge in [-0.2, -0.15) is 13.2 Å². The molecular formula is C17H17F3N4O4. The predicted octanol–water partition coefficient (Wildman–Crippen LogP) is 1.28. The van der Waals surface area contributed by atoms with Gasteiger partial charge >= 0.3 is 12.1 Å². The number of aliphatic carboxylic acids is 1. The van der Waals surface area contributed by atoms with E-state index in [0.29, 0.717) is 25.3 Å². The Morgan fingerprint density at radius 2 is 1.86 bits per heavy atom. The lowest BCUT2D eigenvalue weighted by Gasteiger charge is -2.16. The van der Waals surface area contributed by atoms with Crippen molar-refractivity contribution in [2.45, 2.75) is 19.1 Å². The number of carbonyl (C=O) groups is 3. The average Bonchev–Trinajstić information content (AvgIpc) is 2.95. The third kappa shape index (κ3) is 5.09. The number of pyridine rings is 1. The fraction of sp³-hybridized carbons (Fsp3) is 0.294. The van der Waals surface area contributed by atoms with Gasteiger partial charge in [0.15, 0.2) is 0 Å². The van der Waals surface area contributed by atoms with Crippen molar-refractivity contribution in [3.63, 3.8) is 0 Å². The van der Waals surface area contributed by atoms with Crippen LogP contribution in [0.15, 0.2) is 30.3 Å². The Balaban J connectivity index is 0.000000345. The Morgan fingerprint density at radius 3 is 2.39 bits per heavy atom. The number of rotatable bonds is 3. The van der Waals surface area contributed by atoms with Gasteiger partial charge in [0.2, 0.25) is 11.8 Å². The fourth-order valence-corrected chi connectivity index (χ4v) is 2.66. The third-order valence-electron chi connectivity index (χ3n) is 4.03. The predicted molar refractivity (Wildman–Crippen MR) is 92.6 cm³/mol. The molecule has 1 fully saturated rings.